The summed E-state index contributed by atoms with van der Waals surface area (Å²) in [6.07, 6.45) is 4.44. The van der Waals surface area contributed by atoms with Gasteiger partial charge in [0.2, 0.25) is 6.20 Å². The number of pyridine rings is 2. The number of methoxy groups -OCH3 is 1. The number of hydrogen-bond acceptors (Lipinski definition) is 3. The molecule has 2 aromatic rings. The highest BCUT2D eigenvalue weighted by atomic mass is 16.5. The molecule has 0 saturated carbocycles. The Hall–Kier alpha value is -1.84. The molecule has 0 atom stereocenters. The summed E-state index contributed by atoms with van der Waals surface area (Å²) < 4.78 is 5.73. The standard InChI is InChI=1S/C9H8N2O2/c1-13-8-4-7-2-3-11(12)6-9(7)10-5-8/h2-6H,1H3. The molecule has 2 rings (SSSR count). The molecule has 0 unspecified atom stereocenters. The molecule has 66 valence electrons. The number of aromatic nitrogens is 2. The van der Waals surface area contributed by atoms with Crippen molar-refractivity contribution >= 4 is 10.9 Å². The van der Waals surface area contributed by atoms with E-state index in [0.29, 0.717) is 11.3 Å². The first-order valence-electron chi connectivity index (χ1n) is 3.82. The molecule has 4 nitrogen and oxygen atoms in total. The number of fused-ring (bicyclic) bond motifs is 1. The SMILES string of the molecule is COc1cnc2c[n+]([O-])ccc2c1. The molecule has 0 radical (unpaired) electrons. The number of rotatable bonds is 1. The summed E-state index contributed by atoms with van der Waals surface area (Å²) in [5.74, 6) is 0.691. The molecule has 0 spiro atoms. The number of ether oxygens (including phenoxy) is 1. The molecule has 0 aliphatic heterocycles. The zero-order chi connectivity index (χ0) is 9.26. The zero-order valence-corrected chi connectivity index (χ0v) is 7.10. The number of hydrogen-bond donors (Lipinski definition) is 0. The number of nitrogens with zero attached hydrogens (tertiary/aromatic N) is 2. The van der Waals surface area contributed by atoms with Crippen LogP contribution in [0, 0.1) is 5.21 Å². The van der Waals surface area contributed by atoms with Crippen molar-refractivity contribution in [1.82, 2.24) is 4.98 Å². The van der Waals surface area contributed by atoms with E-state index in [2.05, 4.69) is 4.98 Å². The van der Waals surface area contributed by atoms with Gasteiger partial charge >= 0.3 is 0 Å². The van der Waals surface area contributed by atoms with Crippen LogP contribution in [0.3, 0.4) is 0 Å². The Morgan fingerprint density at radius 2 is 2.38 bits per heavy atom. The Labute approximate surface area is 75.0 Å². The van der Waals surface area contributed by atoms with Crippen LogP contribution >= 0.6 is 0 Å². The molecule has 2 aromatic heterocycles. The van der Waals surface area contributed by atoms with E-state index in [1.807, 2.05) is 6.07 Å². The monoisotopic (exact) mass is 176 g/mol. The first-order valence-corrected chi connectivity index (χ1v) is 3.82. The summed E-state index contributed by atoms with van der Waals surface area (Å²) in [6, 6.07) is 3.54. The lowest BCUT2D eigenvalue weighted by Crippen LogP contribution is -2.23. The van der Waals surface area contributed by atoms with Crippen molar-refractivity contribution in [2.45, 2.75) is 0 Å². The Balaban J connectivity index is 2.66. The highest BCUT2D eigenvalue weighted by molar-refractivity contribution is 5.77. The van der Waals surface area contributed by atoms with E-state index in [1.54, 1.807) is 19.4 Å². The minimum atomic E-state index is 0.665. The van der Waals surface area contributed by atoms with Crippen LogP contribution in [0.2, 0.25) is 0 Å². The van der Waals surface area contributed by atoms with Gasteiger partial charge < -0.3 is 9.94 Å². The van der Waals surface area contributed by atoms with Crippen molar-refractivity contribution in [1.29, 1.82) is 0 Å². The molecule has 2 heterocycles. The van der Waals surface area contributed by atoms with E-state index >= 15 is 0 Å². The van der Waals surface area contributed by atoms with E-state index < -0.39 is 0 Å². The molecule has 0 fully saturated rings. The van der Waals surface area contributed by atoms with Crippen molar-refractivity contribution in [3.63, 3.8) is 0 Å². The van der Waals surface area contributed by atoms with Crippen molar-refractivity contribution in [3.8, 4) is 5.75 Å². The first-order chi connectivity index (χ1) is 6.29. The van der Waals surface area contributed by atoms with Gasteiger partial charge in [0, 0.05) is 11.5 Å². The van der Waals surface area contributed by atoms with Crippen LogP contribution in [-0.4, -0.2) is 12.1 Å². The second-order valence-corrected chi connectivity index (χ2v) is 2.65. The van der Waals surface area contributed by atoms with E-state index in [0.717, 1.165) is 10.1 Å². The Morgan fingerprint density at radius 3 is 3.15 bits per heavy atom. The lowest BCUT2D eigenvalue weighted by atomic mass is 10.2. The largest absolute Gasteiger partial charge is 0.619 e. The normalized spacial score (nSPS) is 10.2. The average Bonchev–Trinajstić information content (AvgIpc) is 2.17. The van der Waals surface area contributed by atoms with Gasteiger partial charge in [0.05, 0.1) is 13.3 Å². The maximum absolute atomic E-state index is 10.9. The van der Waals surface area contributed by atoms with Crippen LogP contribution in [0.1, 0.15) is 0 Å². The molecule has 0 saturated heterocycles. The van der Waals surface area contributed by atoms with Crippen LogP contribution < -0.4 is 9.47 Å². The van der Waals surface area contributed by atoms with E-state index in [-0.39, 0.29) is 0 Å². The van der Waals surface area contributed by atoms with E-state index in [1.165, 1.54) is 12.4 Å². The summed E-state index contributed by atoms with van der Waals surface area (Å²) in [6.45, 7) is 0. The smallest absolute Gasteiger partial charge is 0.206 e. The Bertz CT molecular complexity index is 443. The predicted molar refractivity (Wildman–Crippen MR) is 47.3 cm³/mol. The van der Waals surface area contributed by atoms with Gasteiger partial charge in [0.25, 0.3) is 0 Å². The summed E-state index contributed by atoms with van der Waals surface area (Å²) >= 11 is 0. The van der Waals surface area contributed by atoms with Crippen LogP contribution in [0.4, 0.5) is 0 Å². The van der Waals surface area contributed by atoms with Crippen molar-refractivity contribution in [2.24, 2.45) is 0 Å². The highest BCUT2D eigenvalue weighted by Crippen LogP contribution is 2.15. The first kappa shape index (κ1) is 7.79. The quantitative estimate of drug-likeness (QED) is 0.478. The molecule has 0 aromatic carbocycles. The Morgan fingerprint density at radius 1 is 1.54 bits per heavy atom. The van der Waals surface area contributed by atoms with Crippen molar-refractivity contribution in [2.75, 3.05) is 7.11 Å². The van der Waals surface area contributed by atoms with Crippen LogP contribution in [-0.2, 0) is 0 Å². The van der Waals surface area contributed by atoms with Crippen molar-refractivity contribution in [3.05, 3.63) is 35.9 Å². The maximum atomic E-state index is 10.9. The Kier molecular flexibility index (Phi) is 1.73. The molecule has 13 heavy (non-hydrogen) atoms. The van der Waals surface area contributed by atoms with Gasteiger partial charge in [-0.15, -0.1) is 0 Å². The fraction of sp³-hybridized carbons (Fsp3) is 0.111. The van der Waals surface area contributed by atoms with Gasteiger partial charge in [-0.05, 0) is 6.07 Å². The molecule has 4 heteroatoms. The molecular weight excluding hydrogens is 168 g/mol. The fourth-order valence-electron chi connectivity index (χ4n) is 1.14. The summed E-state index contributed by atoms with van der Waals surface area (Å²) in [7, 11) is 1.58. The highest BCUT2D eigenvalue weighted by Gasteiger charge is 2.00. The van der Waals surface area contributed by atoms with Gasteiger partial charge in [-0.25, -0.2) is 4.98 Å². The van der Waals surface area contributed by atoms with E-state index in [4.69, 9.17) is 4.74 Å². The van der Waals surface area contributed by atoms with E-state index in [9.17, 15) is 5.21 Å². The zero-order valence-electron chi connectivity index (χ0n) is 7.10. The second-order valence-electron chi connectivity index (χ2n) is 2.65. The molecule has 0 N–H and O–H groups in total. The topological polar surface area (TPSA) is 49.1 Å². The van der Waals surface area contributed by atoms with Crippen LogP contribution in [0.25, 0.3) is 10.9 Å². The van der Waals surface area contributed by atoms with Gasteiger partial charge in [-0.3, -0.25) is 0 Å². The van der Waals surface area contributed by atoms with Crippen LogP contribution in [0.5, 0.6) is 5.75 Å². The van der Waals surface area contributed by atoms with Gasteiger partial charge in [0.15, 0.2) is 6.20 Å². The second kappa shape index (κ2) is 2.90. The molecule has 0 amide bonds. The lowest BCUT2D eigenvalue weighted by molar-refractivity contribution is -0.604. The summed E-state index contributed by atoms with van der Waals surface area (Å²) in [5, 5.41) is 11.8. The third kappa shape index (κ3) is 1.38. The molecular formula is C9H8N2O2. The van der Waals surface area contributed by atoms with Crippen LogP contribution in [0.15, 0.2) is 30.7 Å². The molecule has 0 aliphatic carbocycles. The third-order valence-corrected chi connectivity index (χ3v) is 1.81. The molecule has 0 bridgehead atoms. The fourth-order valence-corrected chi connectivity index (χ4v) is 1.14. The maximum Gasteiger partial charge on any atom is 0.206 e. The minimum Gasteiger partial charge on any atom is -0.619 e. The van der Waals surface area contributed by atoms with Gasteiger partial charge in [0.1, 0.15) is 11.3 Å². The van der Waals surface area contributed by atoms with Gasteiger partial charge in [-0.1, -0.05) is 0 Å². The molecule has 0 aliphatic rings. The minimum absolute atomic E-state index is 0.665. The summed E-state index contributed by atoms with van der Waals surface area (Å²) in [4.78, 5) is 4.07. The predicted octanol–water partition coefficient (Wildman–Crippen LogP) is 0.877. The lowest BCUT2D eigenvalue weighted by Gasteiger charge is -2.00. The summed E-state index contributed by atoms with van der Waals surface area (Å²) in [5.41, 5.74) is 0.665. The van der Waals surface area contributed by atoms with Crippen molar-refractivity contribution < 1.29 is 9.47 Å². The van der Waals surface area contributed by atoms with Gasteiger partial charge in [-0.2, -0.15) is 4.73 Å². The third-order valence-electron chi connectivity index (χ3n) is 1.81. The average molecular weight is 176 g/mol.